The molecular weight excluding hydrogens is 190 g/mol. The van der Waals surface area contributed by atoms with Crippen LogP contribution in [-0.2, 0) is 0 Å². The van der Waals surface area contributed by atoms with Gasteiger partial charge >= 0.3 is 0 Å². The molecule has 76 valence electrons. The molecule has 0 atom stereocenters. The summed E-state index contributed by atoms with van der Waals surface area (Å²) >= 11 is 0. The Morgan fingerprint density at radius 3 is 2.47 bits per heavy atom. The summed E-state index contributed by atoms with van der Waals surface area (Å²) in [5.41, 5.74) is 7.31. The number of nitrogens with two attached hydrogens (primary N) is 1. The minimum atomic E-state index is 0.281. The van der Waals surface area contributed by atoms with E-state index in [9.17, 15) is 0 Å². The van der Waals surface area contributed by atoms with E-state index in [0.29, 0.717) is 0 Å². The molecular formula is C11H11N3O. The molecule has 0 aliphatic carbocycles. The lowest BCUT2D eigenvalue weighted by Gasteiger charge is -2.02. The molecule has 0 bridgehead atoms. The van der Waals surface area contributed by atoms with Gasteiger partial charge in [-0.05, 0) is 30.3 Å². The van der Waals surface area contributed by atoms with Crippen molar-refractivity contribution in [1.29, 1.82) is 0 Å². The lowest BCUT2D eigenvalue weighted by atomic mass is 10.1. The predicted octanol–water partition coefficient (Wildman–Crippen LogP) is 1.73. The van der Waals surface area contributed by atoms with E-state index in [1.807, 2.05) is 30.3 Å². The number of methoxy groups -OCH3 is 1. The third kappa shape index (κ3) is 2.04. The van der Waals surface area contributed by atoms with Crippen LogP contribution in [-0.4, -0.2) is 17.1 Å². The van der Waals surface area contributed by atoms with Gasteiger partial charge in [0.2, 0.25) is 5.95 Å². The third-order valence-electron chi connectivity index (χ3n) is 2.06. The van der Waals surface area contributed by atoms with Crippen LogP contribution in [0.3, 0.4) is 0 Å². The summed E-state index contributed by atoms with van der Waals surface area (Å²) in [5, 5.41) is 0. The fourth-order valence-electron chi connectivity index (χ4n) is 1.30. The highest BCUT2D eigenvalue weighted by Crippen LogP contribution is 2.20. The molecule has 0 fully saturated rings. The second-order valence-electron chi connectivity index (χ2n) is 3.03. The van der Waals surface area contributed by atoms with Gasteiger partial charge in [0.05, 0.1) is 12.8 Å². The number of rotatable bonds is 2. The Morgan fingerprint density at radius 2 is 1.87 bits per heavy atom. The van der Waals surface area contributed by atoms with Crippen molar-refractivity contribution >= 4 is 5.95 Å². The predicted molar refractivity (Wildman–Crippen MR) is 58.4 cm³/mol. The maximum absolute atomic E-state index is 5.51. The van der Waals surface area contributed by atoms with Gasteiger partial charge in [0.25, 0.3) is 0 Å². The lowest BCUT2D eigenvalue weighted by Crippen LogP contribution is -1.95. The topological polar surface area (TPSA) is 61.0 Å². The average molecular weight is 201 g/mol. The highest BCUT2D eigenvalue weighted by atomic mass is 16.5. The second-order valence-corrected chi connectivity index (χ2v) is 3.03. The number of nitrogen functional groups attached to an aromatic ring is 1. The van der Waals surface area contributed by atoms with Crippen LogP contribution in [0, 0.1) is 0 Å². The fraction of sp³-hybridized carbons (Fsp3) is 0.0909. The molecule has 1 aromatic heterocycles. The number of ether oxygens (including phenoxy) is 1. The van der Waals surface area contributed by atoms with Gasteiger partial charge in [0.15, 0.2) is 0 Å². The molecule has 0 aliphatic rings. The van der Waals surface area contributed by atoms with Gasteiger partial charge in [-0.15, -0.1) is 0 Å². The molecule has 2 rings (SSSR count). The number of nitrogens with zero attached hydrogens (tertiary/aromatic N) is 2. The molecule has 2 aromatic rings. The van der Waals surface area contributed by atoms with Gasteiger partial charge in [-0.2, -0.15) is 0 Å². The largest absolute Gasteiger partial charge is 0.497 e. The SMILES string of the molecule is COc1ccc(-c2ccnc(N)n2)cc1. The van der Waals surface area contributed by atoms with Crippen LogP contribution < -0.4 is 10.5 Å². The highest BCUT2D eigenvalue weighted by molar-refractivity contribution is 5.60. The maximum atomic E-state index is 5.51. The van der Waals surface area contributed by atoms with Crippen molar-refractivity contribution < 1.29 is 4.74 Å². The van der Waals surface area contributed by atoms with E-state index < -0.39 is 0 Å². The molecule has 0 spiro atoms. The van der Waals surface area contributed by atoms with Crippen LogP contribution in [0.25, 0.3) is 11.3 Å². The van der Waals surface area contributed by atoms with Gasteiger partial charge < -0.3 is 10.5 Å². The Kier molecular flexibility index (Phi) is 2.49. The van der Waals surface area contributed by atoms with Crippen molar-refractivity contribution in [1.82, 2.24) is 9.97 Å². The summed E-state index contributed by atoms with van der Waals surface area (Å²) in [6.07, 6.45) is 1.64. The summed E-state index contributed by atoms with van der Waals surface area (Å²) in [5.74, 6) is 1.10. The first-order valence-corrected chi connectivity index (χ1v) is 4.52. The highest BCUT2D eigenvalue weighted by Gasteiger charge is 2.00. The van der Waals surface area contributed by atoms with E-state index >= 15 is 0 Å². The monoisotopic (exact) mass is 201 g/mol. The molecule has 15 heavy (non-hydrogen) atoms. The Morgan fingerprint density at radius 1 is 1.13 bits per heavy atom. The average Bonchev–Trinajstić information content (AvgIpc) is 2.29. The molecule has 4 nitrogen and oxygen atoms in total. The zero-order valence-electron chi connectivity index (χ0n) is 8.34. The van der Waals surface area contributed by atoms with Crippen molar-refractivity contribution in [2.45, 2.75) is 0 Å². The minimum absolute atomic E-state index is 0.281. The molecule has 0 aliphatic heterocycles. The molecule has 1 aromatic carbocycles. The van der Waals surface area contributed by atoms with Crippen molar-refractivity contribution in [3.8, 4) is 17.0 Å². The van der Waals surface area contributed by atoms with E-state index in [-0.39, 0.29) is 5.95 Å². The Balaban J connectivity index is 2.37. The first kappa shape index (κ1) is 9.45. The molecule has 0 unspecified atom stereocenters. The van der Waals surface area contributed by atoms with Crippen LogP contribution in [0.2, 0.25) is 0 Å². The molecule has 4 heteroatoms. The molecule has 0 saturated heterocycles. The van der Waals surface area contributed by atoms with E-state index in [1.165, 1.54) is 0 Å². The van der Waals surface area contributed by atoms with E-state index in [1.54, 1.807) is 13.3 Å². The lowest BCUT2D eigenvalue weighted by molar-refractivity contribution is 0.415. The summed E-state index contributed by atoms with van der Waals surface area (Å²) < 4.78 is 5.07. The van der Waals surface area contributed by atoms with Crippen molar-refractivity contribution in [2.24, 2.45) is 0 Å². The molecule has 1 heterocycles. The summed E-state index contributed by atoms with van der Waals surface area (Å²) in [6, 6.07) is 9.45. The summed E-state index contributed by atoms with van der Waals surface area (Å²) in [7, 11) is 1.64. The zero-order chi connectivity index (χ0) is 10.7. The first-order valence-electron chi connectivity index (χ1n) is 4.52. The van der Waals surface area contributed by atoms with Gasteiger partial charge in [-0.1, -0.05) is 0 Å². The first-order chi connectivity index (χ1) is 7.29. The smallest absolute Gasteiger partial charge is 0.220 e. The van der Waals surface area contributed by atoms with Crippen LogP contribution in [0.15, 0.2) is 36.5 Å². The Labute approximate surface area is 87.7 Å². The molecule has 2 N–H and O–H groups in total. The van der Waals surface area contributed by atoms with E-state index in [0.717, 1.165) is 17.0 Å². The van der Waals surface area contributed by atoms with Crippen molar-refractivity contribution in [3.63, 3.8) is 0 Å². The number of hydrogen-bond donors (Lipinski definition) is 1. The third-order valence-corrected chi connectivity index (χ3v) is 2.06. The quantitative estimate of drug-likeness (QED) is 0.803. The molecule has 0 saturated carbocycles. The second kappa shape index (κ2) is 3.96. The fourth-order valence-corrected chi connectivity index (χ4v) is 1.30. The zero-order valence-corrected chi connectivity index (χ0v) is 8.34. The van der Waals surface area contributed by atoms with Crippen LogP contribution >= 0.6 is 0 Å². The normalized spacial score (nSPS) is 9.93. The van der Waals surface area contributed by atoms with Gasteiger partial charge in [-0.25, -0.2) is 9.97 Å². The van der Waals surface area contributed by atoms with Crippen LogP contribution in [0.4, 0.5) is 5.95 Å². The van der Waals surface area contributed by atoms with Crippen molar-refractivity contribution in [2.75, 3.05) is 12.8 Å². The summed E-state index contributed by atoms with van der Waals surface area (Å²) in [4.78, 5) is 7.97. The van der Waals surface area contributed by atoms with Crippen LogP contribution in [0.1, 0.15) is 0 Å². The molecule has 0 radical (unpaired) electrons. The molecule has 0 amide bonds. The summed E-state index contributed by atoms with van der Waals surface area (Å²) in [6.45, 7) is 0. The number of hydrogen-bond acceptors (Lipinski definition) is 4. The maximum Gasteiger partial charge on any atom is 0.220 e. The number of benzene rings is 1. The van der Waals surface area contributed by atoms with E-state index in [4.69, 9.17) is 10.5 Å². The number of aromatic nitrogens is 2. The van der Waals surface area contributed by atoms with Crippen molar-refractivity contribution in [3.05, 3.63) is 36.5 Å². The van der Waals surface area contributed by atoms with Gasteiger partial charge in [-0.3, -0.25) is 0 Å². The Bertz CT molecular complexity index is 454. The Hall–Kier alpha value is -2.10. The minimum Gasteiger partial charge on any atom is -0.497 e. The standard InChI is InChI=1S/C11H11N3O/c1-15-9-4-2-8(3-5-9)10-6-7-13-11(12)14-10/h2-7H,1H3,(H2,12,13,14). The van der Waals surface area contributed by atoms with Gasteiger partial charge in [0.1, 0.15) is 5.75 Å². The number of anilines is 1. The van der Waals surface area contributed by atoms with Gasteiger partial charge in [0, 0.05) is 11.8 Å². The van der Waals surface area contributed by atoms with Crippen LogP contribution in [0.5, 0.6) is 5.75 Å². The van der Waals surface area contributed by atoms with E-state index in [2.05, 4.69) is 9.97 Å².